The van der Waals surface area contributed by atoms with Crippen LogP contribution < -0.4 is 5.32 Å². The molecule has 0 spiro atoms. The van der Waals surface area contributed by atoms with Crippen molar-refractivity contribution in [2.45, 2.75) is 92.4 Å². The molecule has 1 N–H and O–H groups in total. The minimum atomic E-state index is 0.872. The zero-order valence-electron chi connectivity index (χ0n) is 18.7. The molecule has 0 aromatic carbocycles. The Balaban J connectivity index is 2.00. The van der Waals surface area contributed by atoms with Gasteiger partial charge in [0.05, 0.1) is 0 Å². The normalized spacial score (nSPS) is 19.1. The Kier molecular flexibility index (Phi) is 13.4. The fourth-order valence-electron chi connectivity index (χ4n) is 3.99. The molecule has 0 saturated carbocycles. The molecule has 1 saturated heterocycles. The van der Waals surface area contributed by atoms with Gasteiger partial charge in [-0.15, -0.1) is 0 Å². The van der Waals surface area contributed by atoms with Crippen LogP contribution in [0, 0.1) is 17.8 Å². The third kappa shape index (κ3) is 12.9. The van der Waals surface area contributed by atoms with E-state index in [1.165, 1.54) is 70.9 Å². The van der Waals surface area contributed by atoms with Crippen molar-refractivity contribution in [2.75, 3.05) is 32.7 Å². The van der Waals surface area contributed by atoms with Crippen LogP contribution in [0.5, 0.6) is 0 Å². The van der Waals surface area contributed by atoms with Crippen molar-refractivity contribution in [1.82, 2.24) is 10.2 Å². The topological polar surface area (TPSA) is 15.3 Å². The molecule has 1 aliphatic heterocycles. The molecule has 26 heavy (non-hydrogen) atoms. The standard InChI is InChI=1S/C24H48N2/c1-21(2)9-6-10-22(3)11-7-12-23(4)13-8-14-24(5)15-18-26-19-16-25-17-20-26/h15,21-23,25H,6-14,16-20H2,1-5H3/b24-15+. The smallest absolute Gasteiger partial charge is 0.0166 e. The van der Waals surface area contributed by atoms with Crippen LogP contribution in [0.1, 0.15) is 92.4 Å². The van der Waals surface area contributed by atoms with E-state index in [1.54, 1.807) is 5.57 Å². The number of nitrogens with zero attached hydrogens (tertiary/aromatic N) is 1. The van der Waals surface area contributed by atoms with Crippen LogP contribution in [-0.4, -0.2) is 37.6 Å². The minimum Gasteiger partial charge on any atom is -0.314 e. The Morgan fingerprint density at radius 3 is 1.96 bits per heavy atom. The highest BCUT2D eigenvalue weighted by molar-refractivity contribution is 4.99. The zero-order chi connectivity index (χ0) is 19.2. The van der Waals surface area contributed by atoms with Crippen molar-refractivity contribution in [3.63, 3.8) is 0 Å². The van der Waals surface area contributed by atoms with E-state index in [0.29, 0.717) is 0 Å². The van der Waals surface area contributed by atoms with Gasteiger partial charge in [0.25, 0.3) is 0 Å². The van der Waals surface area contributed by atoms with E-state index in [9.17, 15) is 0 Å². The van der Waals surface area contributed by atoms with Crippen LogP contribution in [0.25, 0.3) is 0 Å². The Morgan fingerprint density at radius 1 is 0.846 bits per heavy atom. The lowest BCUT2D eigenvalue weighted by molar-refractivity contribution is 0.264. The Hall–Kier alpha value is -0.340. The Morgan fingerprint density at radius 2 is 1.38 bits per heavy atom. The maximum Gasteiger partial charge on any atom is 0.0166 e. The molecule has 2 heteroatoms. The molecule has 0 radical (unpaired) electrons. The molecule has 1 rings (SSSR count). The maximum atomic E-state index is 3.42. The molecular formula is C24H48N2. The van der Waals surface area contributed by atoms with Crippen molar-refractivity contribution < 1.29 is 0 Å². The van der Waals surface area contributed by atoms with Crippen molar-refractivity contribution >= 4 is 0 Å². The minimum absolute atomic E-state index is 0.872. The molecular weight excluding hydrogens is 316 g/mol. The van der Waals surface area contributed by atoms with Gasteiger partial charge in [-0.3, -0.25) is 4.90 Å². The number of nitrogens with one attached hydrogen (secondary N) is 1. The average Bonchev–Trinajstić information content (AvgIpc) is 2.60. The summed E-state index contributed by atoms with van der Waals surface area (Å²) in [4.78, 5) is 2.56. The number of allylic oxidation sites excluding steroid dienone is 1. The predicted molar refractivity (Wildman–Crippen MR) is 118 cm³/mol. The van der Waals surface area contributed by atoms with Crippen LogP contribution in [-0.2, 0) is 0 Å². The molecule has 0 bridgehead atoms. The first-order valence-corrected chi connectivity index (χ1v) is 11.6. The molecule has 0 aliphatic carbocycles. The van der Waals surface area contributed by atoms with Crippen molar-refractivity contribution in [2.24, 2.45) is 17.8 Å². The van der Waals surface area contributed by atoms with Gasteiger partial charge in [-0.25, -0.2) is 0 Å². The first-order chi connectivity index (χ1) is 12.5. The summed E-state index contributed by atoms with van der Waals surface area (Å²) >= 11 is 0. The second-order valence-corrected chi connectivity index (χ2v) is 9.46. The van der Waals surface area contributed by atoms with Crippen LogP contribution in [0.2, 0.25) is 0 Å². The third-order valence-corrected chi connectivity index (χ3v) is 6.05. The van der Waals surface area contributed by atoms with Crippen LogP contribution in [0.4, 0.5) is 0 Å². The highest BCUT2D eigenvalue weighted by Crippen LogP contribution is 2.22. The SMILES string of the molecule is C/C(=C\CN1CCNCC1)CCCC(C)CCCC(C)CCCC(C)C. The Labute approximate surface area is 165 Å². The molecule has 1 aliphatic rings. The molecule has 0 aromatic heterocycles. The van der Waals surface area contributed by atoms with Gasteiger partial charge in [0, 0.05) is 32.7 Å². The van der Waals surface area contributed by atoms with Gasteiger partial charge in [0.2, 0.25) is 0 Å². The quantitative estimate of drug-likeness (QED) is 0.365. The summed E-state index contributed by atoms with van der Waals surface area (Å²) in [5.74, 6) is 2.70. The second-order valence-electron chi connectivity index (χ2n) is 9.46. The first-order valence-electron chi connectivity index (χ1n) is 11.6. The van der Waals surface area contributed by atoms with Crippen LogP contribution in [0.15, 0.2) is 11.6 Å². The van der Waals surface area contributed by atoms with E-state index in [-0.39, 0.29) is 0 Å². The highest BCUT2D eigenvalue weighted by Gasteiger charge is 2.08. The largest absolute Gasteiger partial charge is 0.314 e. The summed E-state index contributed by atoms with van der Waals surface area (Å²) in [5.41, 5.74) is 1.59. The second kappa shape index (κ2) is 14.7. The number of hydrogen-bond donors (Lipinski definition) is 1. The Bertz CT molecular complexity index is 355. The number of rotatable bonds is 14. The summed E-state index contributed by atoms with van der Waals surface area (Å²) in [6, 6.07) is 0. The number of piperazine rings is 1. The van der Waals surface area contributed by atoms with Crippen molar-refractivity contribution in [1.29, 1.82) is 0 Å². The highest BCUT2D eigenvalue weighted by atomic mass is 15.2. The van der Waals surface area contributed by atoms with E-state index in [4.69, 9.17) is 0 Å². The summed E-state index contributed by atoms with van der Waals surface area (Å²) in [7, 11) is 0. The molecule has 2 nitrogen and oxygen atoms in total. The van der Waals surface area contributed by atoms with Gasteiger partial charge in [0.15, 0.2) is 0 Å². The van der Waals surface area contributed by atoms with Crippen molar-refractivity contribution in [3.05, 3.63) is 11.6 Å². The molecule has 2 atom stereocenters. The lowest BCUT2D eigenvalue weighted by Crippen LogP contribution is -2.43. The molecule has 1 heterocycles. The van der Waals surface area contributed by atoms with Crippen molar-refractivity contribution in [3.8, 4) is 0 Å². The summed E-state index contributed by atoms with van der Waals surface area (Å²) < 4.78 is 0. The van der Waals surface area contributed by atoms with E-state index in [2.05, 4.69) is 50.9 Å². The van der Waals surface area contributed by atoms with Gasteiger partial charge in [0.1, 0.15) is 0 Å². The van der Waals surface area contributed by atoms with E-state index >= 15 is 0 Å². The first kappa shape index (κ1) is 23.7. The maximum absolute atomic E-state index is 3.42. The summed E-state index contributed by atoms with van der Waals surface area (Å²) in [6.45, 7) is 17.8. The molecule has 154 valence electrons. The fourth-order valence-corrected chi connectivity index (χ4v) is 3.99. The third-order valence-electron chi connectivity index (χ3n) is 6.05. The van der Waals surface area contributed by atoms with Gasteiger partial charge in [-0.05, 0) is 37.5 Å². The van der Waals surface area contributed by atoms with Crippen LogP contribution >= 0.6 is 0 Å². The fraction of sp³-hybridized carbons (Fsp3) is 0.917. The predicted octanol–water partition coefficient (Wildman–Crippen LogP) is 6.28. The molecule has 0 amide bonds. The monoisotopic (exact) mass is 364 g/mol. The summed E-state index contributed by atoms with van der Waals surface area (Å²) in [6.07, 6.45) is 15.1. The van der Waals surface area contributed by atoms with Gasteiger partial charge in [-0.2, -0.15) is 0 Å². The van der Waals surface area contributed by atoms with E-state index < -0.39 is 0 Å². The van der Waals surface area contributed by atoms with Gasteiger partial charge in [-0.1, -0.05) is 84.3 Å². The lowest BCUT2D eigenvalue weighted by Gasteiger charge is -2.26. The van der Waals surface area contributed by atoms with E-state index in [0.717, 1.165) is 37.4 Å². The zero-order valence-corrected chi connectivity index (χ0v) is 18.7. The van der Waals surface area contributed by atoms with E-state index in [1.807, 2.05) is 0 Å². The van der Waals surface area contributed by atoms with Gasteiger partial charge < -0.3 is 5.32 Å². The lowest BCUT2D eigenvalue weighted by atomic mass is 9.91. The van der Waals surface area contributed by atoms with Gasteiger partial charge >= 0.3 is 0 Å². The molecule has 2 unspecified atom stereocenters. The molecule has 1 fully saturated rings. The summed E-state index contributed by atoms with van der Waals surface area (Å²) in [5, 5.41) is 3.42. The average molecular weight is 365 g/mol. The number of hydrogen-bond acceptors (Lipinski definition) is 2. The van der Waals surface area contributed by atoms with Crippen LogP contribution in [0.3, 0.4) is 0 Å². The molecule has 0 aromatic rings.